The van der Waals surface area contributed by atoms with Gasteiger partial charge in [0.1, 0.15) is 0 Å². The van der Waals surface area contributed by atoms with E-state index in [1.54, 1.807) is 0 Å². The number of aryl methyl sites for hydroxylation is 1. The lowest BCUT2D eigenvalue weighted by Gasteiger charge is -1.98. The van der Waals surface area contributed by atoms with E-state index in [1.165, 1.54) is 5.56 Å². The molecule has 0 nitrogen and oxygen atoms in total. The minimum absolute atomic E-state index is 0.608. The highest BCUT2D eigenvalue weighted by Gasteiger charge is 1.90. The first kappa shape index (κ1) is 6.38. The van der Waals surface area contributed by atoms with E-state index in [4.69, 9.17) is 14.3 Å². The topological polar surface area (TPSA) is 0 Å². The second-order valence-electron chi connectivity index (χ2n) is 2.35. The van der Waals surface area contributed by atoms with Crippen LogP contribution in [0.5, 0.6) is 0 Å². The average Bonchev–Trinajstić information content (AvgIpc) is 2.02. The lowest BCUT2D eigenvalue weighted by molar-refractivity contribution is 1.37. The van der Waals surface area contributed by atoms with Crippen molar-refractivity contribution in [1.82, 2.24) is 0 Å². The lowest BCUT2D eigenvalue weighted by Crippen LogP contribution is -1.79. The average molecular weight is 189 g/mol. The fourth-order valence-corrected chi connectivity index (χ4v) is 1.37. The Balaban J connectivity index is 2.51. The maximum Gasteiger partial charge on any atom is 0.0683 e. The van der Waals surface area contributed by atoms with Crippen molar-refractivity contribution in [3.8, 4) is 0 Å². The molecule has 0 aliphatic carbocycles. The molecule has 0 bridgehead atoms. The highest BCUT2D eigenvalue weighted by Crippen LogP contribution is 2.13. The van der Waals surface area contributed by atoms with Gasteiger partial charge in [-0.1, -0.05) is 29.8 Å². The maximum atomic E-state index is 7.12. The van der Waals surface area contributed by atoms with Crippen molar-refractivity contribution in [2.75, 3.05) is 5.16 Å². The summed E-state index contributed by atoms with van der Waals surface area (Å²) in [6.45, 7) is 2.03. The molecule has 0 aliphatic heterocycles. The van der Waals surface area contributed by atoms with Crippen LogP contribution in [-0.4, -0.2) is 5.16 Å². The fraction of sp³-hybridized carbons (Fsp3) is 0.333. The zero-order valence-electron chi connectivity index (χ0n) is 8.30. The minimum atomic E-state index is -1.66. The summed E-state index contributed by atoms with van der Waals surface area (Å²) in [5.41, 5.74) is 2.31. The van der Waals surface area contributed by atoms with Crippen LogP contribution in [0.4, 0.5) is 0 Å². The molecular formula is C9H11ClS. The van der Waals surface area contributed by atoms with Crippen LogP contribution >= 0.6 is 23.4 Å². The predicted octanol–water partition coefficient (Wildman–Crippen LogP) is 3.42. The molecule has 1 rings (SSSR count). The zero-order valence-corrected chi connectivity index (χ0v) is 7.88. The summed E-state index contributed by atoms with van der Waals surface area (Å²) in [6.07, 6.45) is 0. The highest BCUT2D eigenvalue weighted by atomic mass is 35.5. The fourth-order valence-electron chi connectivity index (χ4n) is 0.795. The molecule has 0 N–H and O–H groups in total. The van der Waals surface area contributed by atoms with Crippen LogP contribution in [0.15, 0.2) is 24.3 Å². The smallest absolute Gasteiger partial charge is 0.0683 e. The van der Waals surface area contributed by atoms with Gasteiger partial charge in [-0.3, -0.25) is 0 Å². The highest BCUT2D eigenvalue weighted by molar-refractivity contribution is 7.99. The summed E-state index contributed by atoms with van der Waals surface area (Å²) in [6, 6.07) is 8.01. The van der Waals surface area contributed by atoms with E-state index < -0.39 is 5.16 Å². The Bertz CT molecular complexity index is 266. The Hall–Kier alpha value is -0.140. The first-order valence-corrected chi connectivity index (χ1v) is 4.72. The van der Waals surface area contributed by atoms with Crippen LogP contribution < -0.4 is 0 Å². The van der Waals surface area contributed by atoms with E-state index in [2.05, 4.69) is 0 Å². The standard InChI is InChI=1S/C9H11ClS/c1-8-2-4-9(5-3-8)6-11-7-10/h2-5H,6-7H2,1H3/i7D2. The SMILES string of the molecule is [2H]C([2H])(Cl)SCc1ccc(C)cc1. The summed E-state index contributed by atoms with van der Waals surface area (Å²) in [7, 11) is 0. The molecule has 2 heteroatoms. The van der Waals surface area contributed by atoms with E-state index in [0.717, 1.165) is 17.3 Å². The Morgan fingerprint density at radius 1 is 1.45 bits per heavy atom. The van der Waals surface area contributed by atoms with Gasteiger partial charge in [-0.2, -0.15) is 0 Å². The van der Waals surface area contributed by atoms with Crippen LogP contribution in [0.25, 0.3) is 0 Å². The van der Waals surface area contributed by atoms with Crippen LogP contribution in [0.2, 0.25) is 0 Å². The molecule has 0 heterocycles. The number of hydrogen-bond donors (Lipinski definition) is 0. The number of benzene rings is 1. The van der Waals surface area contributed by atoms with Gasteiger partial charge in [0.2, 0.25) is 0 Å². The summed E-state index contributed by atoms with van der Waals surface area (Å²) < 4.78 is 14.2. The minimum Gasteiger partial charge on any atom is -0.141 e. The number of hydrogen-bond acceptors (Lipinski definition) is 1. The summed E-state index contributed by atoms with van der Waals surface area (Å²) in [4.78, 5) is 0. The second-order valence-corrected chi connectivity index (χ2v) is 3.55. The van der Waals surface area contributed by atoms with Gasteiger partial charge in [0.15, 0.2) is 0 Å². The van der Waals surface area contributed by atoms with Crippen molar-refractivity contribution in [3.63, 3.8) is 0 Å². The normalized spacial score (nSPS) is 14.0. The molecule has 0 spiro atoms. The van der Waals surface area contributed by atoms with E-state index in [-0.39, 0.29) is 0 Å². The predicted molar refractivity (Wildman–Crippen MR) is 53.2 cm³/mol. The third-order valence-electron chi connectivity index (χ3n) is 1.41. The van der Waals surface area contributed by atoms with Crippen LogP contribution in [-0.2, 0) is 5.75 Å². The lowest BCUT2D eigenvalue weighted by atomic mass is 10.2. The van der Waals surface area contributed by atoms with E-state index in [0.29, 0.717) is 5.75 Å². The van der Waals surface area contributed by atoms with Crippen molar-refractivity contribution >= 4 is 23.4 Å². The van der Waals surface area contributed by atoms with Crippen molar-refractivity contribution in [1.29, 1.82) is 0 Å². The molecule has 0 atom stereocenters. The first-order chi connectivity index (χ1) is 5.97. The summed E-state index contributed by atoms with van der Waals surface area (Å²) in [5, 5.41) is -1.66. The maximum absolute atomic E-state index is 7.12. The van der Waals surface area contributed by atoms with Gasteiger partial charge in [0.25, 0.3) is 0 Å². The van der Waals surface area contributed by atoms with Crippen LogP contribution in [0, 0.1) is 6.92 Å². The molecule has 60 valence electrons. The van der Waals surface area contributed by atoms with Gasteiger partial charge < -0.3 is 0 Å². The first-order valence-electron chi connectivity index (χ1n) is 4.36. The Labute approximate surface area is 79.8 Å². The Morgan fingerprint density at radius 2 is 2.09 bits per heavy atom. The largest absolute Gasteiger partial charge is 0.141 e. The summed E-state index contributed by atoms with van der Waals surface area (Å²) in [5.74, 6) is 0.608. The van der Waals surface area contributed by atoms with Crippen molar-refractivity contribution in [2.24, 2.45) is 0 Å². The Kier molecular flexibility index (Phi) is 2.72. The molecule has 1 aromatic rings. The molecule has 0 fully saturated rings. The molecule has 0 saturated heterocycles. The van der Waals surface area contributed by atoms with Crippen LogP contribution in [0.1, 0.15) is 13.9 Å². The van der Waals surface area contributed by atoms with Gasteiger partial charge in [0.05, 0.1) is 7.91 Å². The van der Waals surface area contributed by atoms with E-state index in [1.807, 2.05) is 31.2 Å². The van der Waals surface area contributed by atoms with Gasteiger partial charge in [-0.25, -0.2) is 0 Å². The Morgan fingerprint density at radius 3 is 2.64 bits per heavy atom. The summed E-state index contributed by atoms with van der Waals surface area (Å²) >= 11 is 6.50. The molecule has 0 amide bonds. The van der Waals surface area contributed by atoms with Gasteiger partial charge in [-0.15, -0.1) is 23.4 Å². The molecule has 0 unspecified atom stereocenters. The zero-order chi connectivity index (χ0) is 9.90. The number of alkyl halides is 1. The number of thioether (sulfide) groups is 1. The van der Waals surface area contributed by atoms with Crippen molar-refractivity contribution in [3.05, 3.63) is 35.4 Å². The van der Waals surface area contributed by atoms with E-state index in [9.17, 15) is 0 Å². The quantitative estimate of drug-likeness (QED) is 0.656. The molecule has 0 aromatic heterocycles. The van der Waals surface area contributed by atoms with Gasteiger partial charge in [0, 0.05) is 5.75 Å². The van der Waals surface area contributed by atoms with Gasteiger partial charge >= 0.3 is 0 Å². The molecule has 11 heavy (non-hydrogen) atoms. The molecule has 0 saturated carbocycles. The van der Waals surface area contributed by atoms with Crippen molar-refractivity contribution in [2.45, 2.75) is 12.7 Å². The van der Waals surface area contributed by atoms with Gasteiger partial charge in [-0.05, 0) is 12.5 Å². The van der Waals surface area contributed by atoms with E-state index >= 15 is 0 Å². The molecule has 0 radical (unpaired) electrons. The molecule has 0 aliphatic rings. The number of rotatable bonds is 3. The second kappa shape index (κ2) is 4.68. The number of halogens is 1. The molecular weight excluding hydrogens is 176 g/mol. The third kappa shape index (κ3) is 3.17. The molecule has 1 aromatic carbocycles. The third-order valence-corrected chi connectivity index (χ3v) is 2.33. The van der Waals surface area contributed by atoms with Crippen molar-refractivity contribution < 1.29 is 2.74 Å². The monoisotopic (exact) mass is 188 g/mol. The van der Waals surface area contributed by atoms with Crippen LogP contribution in [0.3, 0.4) is 0 Å².